The quantitative estimate of drug-likeness (QED) is 0.599. The number of benzene rings is 1. The van der Waals surface area contributed by atoms with Gasteiger partial charge in [0, 0.05) is 3.57 Å². The molecule has 0 aliphatic rings. The third-order valence-electron chi connectivity index (χ3n) is 2.34. The topological polar surface area (TPSA) is 78.9 Å². The van der Waals surface area contributed by atoms with E-state index in [1.165, 1.54) is 0 Å². The molecule has 0 heterocycles. The molecule has 0 aliphatic carbocycles. The average molecular weight is 392 g/mol. The molecular weight excluding hydrogens is 375 g/mol. The third-order valence-corrected chi connectivity index (χ3v) is 3.06. The summed E-state index contributed by atoms with van der Waals surface area (Å²) in [6.45, 7) is 5.20. The molecule has 0 atom stereocenters. The van der Waals surface area contributed by atoms with E-state index in [1.807, 2.05) is 29.7 Å². The summed E-state index contributed by atoms with van der Waals surface area (Å²) >= 11 is 2.18. The van der Waals surface area contributed by atoms with Gasteiger partial charge in [-0.15, -0.1) is 0 Å². The Labute approximate surface area is 131 Å². The smallest absolute Gasteiger partial charge is 0.429 e. The van der Waals surface area contributed by atoms with Crippen molar-refractivity contribution < 1.29 is 19.4 Å². The zero-order chi connectivity index (χ0) is 15.3. The Morgan fingerprint density at radius 3 is 2.30 bits per heavy atom. The Kier molecular flexibility index (Phi) is 5.61. The summed E-state index contributed by atoms with van der Waals surface area (Å²) in [5.41, 5.74) is 2.15. The van der Waals surface area contributed by atoms with Crippen molar-refractivity contribution in [3.8, 4) is 0 Å². The molecule has 1 aromatic carbocycles. The van der Waals surface area contributed by atoms with E-state index in [-0.39, 0.29) is 6.61 Å². The molecule has 0 unspecified atom stereocenters. The second-order valence-corrected chi connectivity index (χ2v) is 6.35. The molecule has 0 saturated heterocycles. The summed E-state index contributed by atoms with van der Waals surface area (Å²) in [5, 5.41) is 9.70. The van der Waals surface area contributed by atoms with Gasteiger partial charge in [-0.3, -0.25) is 0 Å². The number of hydrogen-bond donors (Lipinski definition) is 2. The number of ether oxygens (including phenoxy) is 1. The van der Waals surface area contributed by atoms with Gasteiger partial charge in [0.1, 0.15) is 6.61 Å². The summed E-state index contributed by atoms with van der Waals surface area (Å²) in [4.78, 5) is 22.7. The first-order valence-electron chi connectivity index (χ1n) is 5.91. The number of hydrazine groups is 1. The second kappa shape index (κ2) is 6.78. The summed E-state index contributed by atoms with van der Waals surface area (Å²) in [6.07, 6.45) is -2.05. The molecule has 1 aromatic rings. The Balaban J connectivity index is 2.67. The second-order valence-electron chi connectivity index (χ2n) is 5.10. The zero-order valence-corrected chi connectivity index (χ0v) is 13.7. The number of carbonyl (C=O) groups excluding carboxylic acids is 1. The number of amides is 2. The Bertz CT molecular complexity index is 482. The predicted octanol–water partition coefficient (Wildman–Crippen LogP) is 3.21. The van der Waals surface area contributed by atoms with Gasteiger partial charge in [0.25, 0.3) is 0 Å². The van der Waals surface area contributed by atoms with E-state index in [0.717, 1.165) is 14.1 Å². The fourth-order valence-corrected chi connectivity index (χ4v) is 1.73. The van der Waals surface area contributed by atoms with E-state index < -0.39 is 17.7 Å². The van der Waals surface area contributed by atoms with Gasteiger partial charge < -0.3 is 9.84 Å². The number of rotatable bonds is 2. The van der Waals surface area contributed by atoms with E-state index in [1.54, 1.807) is 20.8 Å². The number of halogens is 1. The third kappa shape index (κ3) is 5.24. The zero-order valence-electron chi connectivity index (χ0n) is 11.5. The van der Waals surface area contributed by atoms with E-state index in [2.05, 4.69) is 22.6 Å². The molecule has 2 N–H and O–H groups in total. The van der Waals surface area contributed by atoms with Gasteiger partial charge >= 0.3 is 12.2 Å². The number of carbonyl (C=O) groups is 2. The van der Waals surface area contributed by atoms with Crippen LogP contribution < -0.4 is 5.43 Å². The van der Waals surface area contributed by atoms with E-state index in [4.69, 9.17) is 9.84 Å². The Morgan fingerprint density at radius 1 is 1.30 bits per heavy atom. The maximum absolute atomic E-state index is 11.9. The highest BCUT2D eigenvalue weighted by atomic mass is 127. The van der Waals surface area contributed by atoms with Gasteiger partial charge in [0.05, 0.1) is 5.54 Å². The Morgan fingerprint density at radius 2 is 1.85 bits per heavy atom. The van der Waals surface area contributed by atoms with Crippen molar-refractivity contribution in [2.45, 2.75) is 32.9 Å². The highest BCUT2D eigenvalue weighted by molar-refractivity contribution is 14.1. The van der Waals surface area contributed by atoms with E-state index in [0.29, 0.717) is 0 Å². The van der Waals surface area contributed by atoms with Crippen molar-refractivity contribution in [1.29, 1.82) is 0 Å². The molecule has 0 aromatic heterocycles. The fraction of sp³-hybridized carbons (Fsp3) is 0.385. The minimum absolute atomic E-state index is 0.0869. The van der Waals surface area contributed by atoms with Crippen molar-refractivity contribution in [2.75, 3.05) is 0 Å². The predicted molar refractivity (Wildman–Crippen MR) is 82.1 cm³/mol. The van der Waals surface area contributed by atoms with Crippen molar-refractivity contribution in [2.24, 2.45) is 0 Å². The summed E-state index contributed by atoms with van der Waals surface area (Å²) in [5.74, 6) is 0. The average Bonchev–Trinajstić information content (AvgIpc) is 2.33. The van der Waals surface area contributed by atoms with Crippen molar-refractivity contribution in [1.82, 2.24) is 10.4 Å². The molecule has 0 radical (unpaired) electrons. The molecule has 7 heteroatoms. The molecular formula is C13H17IN2O4. The van der Waals surface area contributed by atoms with Gasteiger partial charge in [0.15, 0.2) is 0 Å². The molecule has 20 heavy (non-hydrogen) atoms. The minimum atomic E-state index is -1.31. The van der Waals surface area contributed by atoms with Crippen LogP contribution in [0, 0.1) is 3.57 Å². The first-order valence-corrected chi connectivity index (χ1v) is 6.99. The molecule has 0 fully saturated rings. The SMILES string of the molecule is CC(C)(C)N(NC(=O)O)C(=O)OCc1ccc(I)cc1. The van der Waals surface area contributed by atoms with Gasteiger partial charge in [0.2, 0.25) is 0 Å². The lowest BCUT2D eigenvalue weighted by Crippen LogP contribution is -2.55. The number of nitrogens with zero attached hydrogens (tertiary/aromatic N) is 1. The molecule has 110 valence electrons. The van der Waals surface area contributed by atoms with E-state index >= 15 is 0 Å². The lowest BCUT2D eigenvalue weighted by Gasteiger charge is -2.33. The molecule has 0 bridgehead atoms. The molecule has 0 saturated carbocycles. The first kappa shape index (κ1) is 16.5. The highest BCUT2D eigenvalue weighted by Crippen LogP contribution is 2.13. The standard InChI is InChI=1S/C13H17IN2O4/c1-13(2,3)16(15-11(17)18)12(19)20-8-9-4-6-10(14)7-5-9/h4-7,15H,8H2,1-3H3,(H,17,18). The lowest BCUT2D eigenvalue weighted by atomic mass is 10.1. The summed E-state index contributed by atoms with van der Waals surface area (Å²) in [6, 6.07) is 7.50. The van der Waals surface area contributed by atoms with Crippen LogP contribution in [0.1, 0.15) is 26.3 Å². The highest BCUT2D eigenvalue weighted by Gasteiger charge is 2.29. The Hall–Kier alpha value is -1.51. The van der Waals surface area contributed by atoms with Gasteiger partial charge in [-0.25, -0.2) is 20.0 Å². The van der Waals surface area contributed by atoms with Gasteiger partial charge in [-0.2, -0.15) is 0 Å². The maximum atomic E-state index is 11.9. The van der Waals surface area contributed by atoms with Crippen LogP contribution >= 0.6 is 22.6 Å². The minimum Gasteiger partial charge on any atom is -0.464 e. The fourth-order valence-electron chi connectivity index (χ4n) is 1.37. The van der Waals surface area contributed by atoms with Crippen LogP contribution in [0.5, 0.6) is 0 Å². The van der Waals surface area contributed by atoms with Crippen molar-refractivity contribution >= 4 is 34.8 Å². The number of carboxylic acid groups (broad SMARTS) is 1. The summed E-state index contributed by atoms with van der Waals surface area (Å²) in [7, 11) is 0. The molecule has 0 spiro atoms. The summed E-state index contributed by atoms with van der Waals surface area (Å²) < 4.78 is 6.20. The van der Waals surface area contributed by atoms with E-state index in [9.17, 15) is 9.59 Å². The van der Waals surface area contributed by atoms with Crippen LogP contribution in [-0.4, -0.2) is 27.8 Å². The molecule has 2 amide bonds. The number of hydrogen-bond acceptors (Lipinski definition) is 3. The van der Waals surface area contributed by atoms with Crippen LogP contribution in [0.25, 0.3) is 0 Å². The number of nitrogens with one attached hydrogen (secondary N) is 1. The lowest BCUT2D eigenvalue weighted by molar-refractivity contribution is 0.0350. The molecule has 6 nitrogen and oxygen atoms in total. The van der Waals surface area contributed by atoms with Gasteiger partial charge in [-0.1, -0.05) is 12.1 Å². The largest absolute Gasteiger partial charge is 0.464 e. The van der Waals surface area contributed by atoms with Crippen LogP contribution in [0.2, 0.25) is 0 Å². The normalized spacial score (nSPS) is 10.8. The van der Waals surface area contributed by atoms with Crippen LogP contribution in [0.15, 0.2) is 24.3 Å². The monoisotopic (exact) mass is 392 g/mol. The van der Waals surface area contributed by atoms with Crippen molar-refractivity contribution in [3.05, 3.63) is 33.4 Å². The van der Waals surface area contributed by atoms with Crippen LogP contribution in [-0.2, 0) is 11.3 Å². The molecule has 0 aliphatic heterocycles. The maximum Gasteiger partial charge on any atom is 0.429 e. The van der Waals surface area contributed by atoms with Crippen LogP contribution in [0.4, 0.5) is 9.59 Å². The van der Waals surface area contributed by atoms with Crippen molar-refractivity contribution in [3.63, 3.8) is 0 Å². The molecule has 1 rings (SSSR count). The van der Waals surface area contributed by atoms with Gasteiger partial charge in [-0.05, 0) is 61.1 Å². The van der Waals surface area contributed by atoms with Crippen LogP contribution in [0.3, 0.4) is 0 Å². The first-order chi connectivity index (χ1) is 9.20.